The van der Waals surface area contributed by atoms with Crippen molar-refractivity contribution in [2.75, 3.05) is 18.4 Å². The van der Waals surface area contributed by atoms with E-state index < -0.39 is 0 Å². The van der Waals surface area contributed by atoms with Gasteiger partial charge in [0.1, 0.15) is 0 Å². The lowest BCUT2D eigenvalue weighted by Crippen LogP contribution is -2.46. The van der Waals surface area contributed by atoms with E-state index in [1.54, 1.807) is 29.2 Å². The highest BCUT2D eigenvalue weighted by Crippen LogP contribution is 2.17. The Morgan fingerprint density at radius 2 is 1.91 bits per heavy atom. The molecule has 2 N–H and O–H groups in total. The second kappa shape index (κ2) is 7.76. The Hall–Kier alpha value is -2.37. The molecule has 2 rings (SSSR count). The van der Waals surface area contributed by atoms with Gasteiger partial charge in [-0.25, -0.2) is 0 Å². The van der Waals surface area contributed by atoms with Crippen molar-refractivity contribution in [3.63, 3.8) is 0 Å². The molecule has 1 saturated heterocycles. The molecule has 0 spiro atoms. The summed E-state index contributed by atoms with van der Waals surface area (Å²) >= 11 is 0. The third-order valence-corrected chi connectivity index (χ3v) is 3.90. The van der Waals surface area contributed by atoms with Crippen molar-refractivity contribution < 1.29 is 14.4 Å². The first kappa shape index (κ1) is 17.0. The molecule has 0 atom stereocenters. The maximum atomic E-state index is 12.5. The molecule has 0 radical (unpaired) electrons. The van der Waals surface area contributed by atoms with Gasteiger partial charge in [0.25, 0.3) is 5.91 Å². The predicted molar refractivity (Wildman–Crippen MR) is 88.1 cm³/mol. The standard InChI is InChI=1S/C17H23N3O3/c1-3-16(22)19-14-7-9-20(10-8-14)17(23)13-5-4-6-15(11-13)18-12(2)21/h4-6,11,14H,3,7-10H2,1-2H3,(H,18,21)(H,19,22). The molecule has 1 aromatic rings. The summed E-state index contributed by atoms with van der Waals surface area (Å²) in [6.07, 6.45) is 2.01. The number of benzene rings is 1. The Morgan fingerprint density at radius 3 is 2.52 bits per heavy atom. The van der Waals surface area contributed by atoms with Gasteiger partial charge in [-0.1, -0.05) is 13.0 Å². The highest BCUT2D eigenvalue weighted by Gasteiger charge is 2.24. The number of nitrogens with one attached hydrogen (secondary N) is 2. The quantitative estimate of drug-likeness (QED) is 0.888. The predicted octanol–water partition coefficient (Wildman–Crippen LogP) is 1.78. The van der Waals surface area contributed by atoms with E-state index in [4.69, 9.17) is 0 Å². The average Bonchev–Trinajstić information content (AvgIpc) is 2.54. The number of rotatable bonds is 4. The molecule has 1 aliphatic heterocycles. The Labute approximate surface area is 136 Å². The normalized spacial score (nSPS) is 15.1. The van der Waals surface area contributed by atoms with Crippen molar-refractivity contribution in [2.24, 2.45) is 0 Å². The molecule has 1 heterocycles. The summed E-state index contributed by atoms with van der Waals surface area (Å²) < 4.78 is 0. The van der Waals surface area contributed by atoms with Crippen LogP contribution in [0.3, 0.4) is 0 Å². The summed E-state index contributed by atoms with van der Waals surface area (Å²) in [5.41, 5.74) is 1.18. The van der Waals surface area contributed by atoms with Crippen LogP contribution in [0.25, 0.3) is 0 Å². The number of nitrogens with zero attached hydrogens (tertiary/aromatic N) is 1. The van der Waals surface area contributed by atoms with E-state index in [0.717, 1.165) is 12.8 Å². The molecular weight excluding hydrogens is 294 g/mol. The Kier molecular flexibility index (Phi) is 5.73. The van der Waals surface area contributed by atoms with Gasteiger partial charge in [0.05, 0.1) is 0 Å². The van der Waals surface area contributed by atoms with Crippen molar-refractivity contribution in [1.82, 2.24) is 10.2 Å². The summed E-state index contributed by atoms with van der Waals surface area (Å²) in [5.74, 6) is -0.155. The molecule has 3 amide bonds. The Morgan fingerprint density at radius 1 is 1.22 bits per heavy atom. The van der Waals surface area contributed by atoms with Crippen molar-refractivity contribution in [3.8, 4) is 0 Å². The maximum absolute atomic E-state index is 12.5. The highest BCUT2D eigenvalue weighted by molar-refractivity contribution is 5.96. The van der Waals surface area contributed by atoms with Crippen LogP contribution in [0.2, 0.25) is 0 Å². The number of carbonyl (C=O) groups is 3. The number of hydrogen-bond donors (Lipinski definition) is 2. The van der Waals surface area contributed by atoms with Crippen molar-refractivity contribution >= 4 is 23.4 Å². The SMILES string of the molecule is CCC(=O)NC1CCN(C(=O)c2cccc(NC(C)=O)c2)CC1. The van der Waals surface area contributed by atoms with Crippen LogP contribution in [-0.4, -0.2) is 41.8 Å². The molecule has 0 bridgehead atoms. The summed E-state index contributed by atoms with van der Waals surface area (Å²) in [5, 5.41) is 5.65. The van der Waals surface area contributed by atoms with E-state index in [2.05, 4.69) is 10.6 Å². The van der Waals surface area contributed by atoms with Gasteiger partial charge >= 0.3 is 0 Å². The average molecular weight is 317 g/mol. The molecule has 0 saturated carbocycles. The first-order valence-electron chi connectivity index (χ1n) is 7.96. The number of anilines is 1. The van der Waals surface area contributed by atoms with Crippen LogP contribution < -0.4 is 10.6 Å². The minimum absolute atomic E-state index is 0.0440. The van der Waals surface area contributed by atoms with Crippen LogP contribution >= 0.6 is 0 Å². The van der Waals surface area contributed by atoms with E-state index in [1.807, 2.05) is 6.92 Å². The van der Waals surface area contributed by atoms with E-state index in [9.17, 15) is 14.4 Å². The third-order valence-electron chi connectivity index (χ3n) is 3.90. The summed E-state index contributed by atoms with van der Waals surface area (Å²) in [7, 11) is 0. The zero-order valence-electron chi connectivity index (χ0n) is 13.6. The second-order valence-electron chi connectivity index (χ2n) is 5.75. The summed E-state index contributed by atoms with van der Waals surface area (Å²) in [4.78, 5) is 36.9. The molecule has 124 valence electrons. The molecule has 0 unspecified atom stereocenters. The molecule has 1 aliphatic rings. The van der Waals surface area contributed by atoms with Crippen LogP contribution in [0.4, 0.5) is 5.69 Å². The molecule has 6 heteroatoms. The number of hydrogen-bond acceptors (Lipinski definition) is 3. The van der Waals surface area contributed by atoms with Crippen LogP contribution in [0.1, 0.15) is 43.5 Å². The zero-order chi connectivity index (χ0) is 16.8. The molecular formula is C17H23N3O3. The number of piperidine rings is 1. The topological polar surface area (TPSA) is 78.5 Å². The van der Waals surface area contributed by atoms with Crippen LogP contribution in [-0.2, 0) is 9.59 Å². The Balaban J connectivity index is 1.94. The van der Waals surface area contributed by atoms with Crippen LogP contribution in [0, 0.1) is 0 Å². The lowest BCUT2D eigenvalue weighted by molar-refractivity contribution is -0.121. The molecule has 1 fully saturated rings. The lowest BCUT2D eigenvalue weighted by atomic mass is 10.0. The van der Waals surface area contributed by atoms with E-state index in [0.29, 0.717) is 30.8 Å². The van der Waals surface area contributed by atoms with Crippen molar-refractivity contribution in [3.05, 3.63) is 29.8 Å². The van der Waals surface area contributed by atoms with Gasteiger partial charge in [-0.2, -0.15) is 0 Å². The number of likely N-dealkylation sites (tertiary alicyclic amines) is 1. The number of amides is 3. The van der Waals surface area contributed by atoms with Gasteiger partial charge in [-0.15, -0.1) is 0 Å². The third kappa shape index (κ3) is 4.81. The monoisotopic (exact) mass is 317 g/mol. The lowest BCUT2D eigenvalue weighted by Gasteiger charge is -2.32. The second-order valence-corrected chi connectivity index (χ2v) is 5.75. The minimum atomic E-state index is -0.165. The maximum Gasteiger partial charge on any atom is 0.253 e. The van der Waals surface area contributed by atoms with Gasteiger partial charge in [0, 0.05) is 43.7 Å². The van der Waals surface area contributed by atoms with Crippen LogP contribution in [0.5, 0.6) is 0 Å². The molecule has 1 aromatic carbocycles. The largest absolute Gasteiger partial charge is 0.353 e. The fourth-order valence-electron chi connectivity index (χ4n) is 2.67. The van der Waals surface area contributed by atoms with Gasteiger partial charge < -0.3 is 15.5 Å². The molecule has 23 heavy (non-hydrogen) atoms. The molecule has 6 nitrogen and oxygen atoms in total. The Bertz CT molecular complexity index is 593. The van der Waals surface area contributed by atoms with E-state index in [1.165, 1.54) is 6.92 Å². The first-order valence-corrected chi connectivity index (χ1v) is 7.96. The number of carbonyl (C=O) groups excluding carboxylic acids is 3. The van der Waals surface area contributed by atoms with E-state index in [-0.39, 0.29) is 23.8 Å². The van der Waals surface area contributed by atoms with Crippen molar-refractivity contribution in [2.45, 2.75) is 39.2 Å². The fraction of sp³-hybridized carbons (Fsp3) is 0.471. The van der Waals surface area contributed by atoms with Crippen molar-refractivity contribution in [1.29, 1.82) is 0 Å². The zero-order valence-corrected chi connectivity index (χ0v) is 13.6. The fourth-order valence-corrected chi connectivity index (χ4v) is 2.67. The molecule has 0 aliphatic carbocycles. The summed E-state index contributed by atoms with van der Waals surface area (Å²) in [6.45, 7) is 4.51. The van der Waals surface area contributed by atoms with Gasteiger partial charge in [0.2, 0.25) is 11.8 Å². The van der Waals surface area contributed by atoms with Crippen LogP contribution in [0.15, 0.2) is 24.3 Å². The first-order chi connectivity index (χ1) is 11.0. The molecule has 0 aromatic heterocycles. The smallest absolute Gasteiger partial charge is 0.253 e. The van der Waals surface area contributed by atoms with Gasteiger partial charge in [-0.3, -0.25) is 14.4 Å². The minimum Gasteiger partial charge on any atom is -0.353 e. The van der Waals surface area contributed by atoms with Gasteiger partial charge in [-0.05, 0) is 31.0 Å². The highest BCUT2D eigenvalue weighted by atomic mass is 16.2. The summed E-state index contributed by atoms with van der Waals surface area (Å²) in [6, 6.07) is 7.10. The van der Waals surface area contributed by atoms with E-state index >= 15 is 0 Å². The van der Waals surface area contributed by atoms with Gasteiger partial charge in [0.15, 0.2) is 0 Å².